The van der Waals surface area contributed by atoms with Gasteiger partial charge < -0.3 is 14.8 Å². The van der Waals surface area contributed by atoms with E-state index in [1.807, 2.05) is 17.5 Å². The first-order chi connectivity index (χ1) is 9.63. The maximum atomic E-state index is 12.1. The van der Waals surface area contributed by atoms with Crippen molar-refractivity contribution in [3.8, 4) is 11.5 Å². The molecule has 0 bridgehead atoms. The molecule has 0 saturated heterocycles. The number of amides is 1. The van der Waals surface area contributed by atoms with Gasteiger partial charge in [0.25, 0.3) is 0 Å². The molecular weight excluding hydrogens is 298 g/mol. The second-order valence-corrected chi connectivity index (χ2v) is 5.46. The van der Waals surface area contributed by atoms with Crippen molar-refractivity contribution in [3.05, 3.63) is 39.5 Å². The number of methoxy groups -OCH3 is 2. The molecule has 1 amide bonds. The van der Waals surface area contributed by atoms with Gasteiger partial charge in [0.1, 0.15) is 17.2 Å². The standard InChI is InChI=1S/C14H14ClNO3S/c1-18-11-6-9(15)7-12(19-2)14(11)16-13(17)8-10-4-3-5-20-10/h3-7H,8H2,1-2H3,(H,16,17). The Labute approximate surface area is 126 Å². The lowest BCUT2D eigenvalue weighted by Crippen LogP contribution is -2.15. The highest BCUT2D eigenvalue weighted by atomic mass is 35.5. The molecule has 1 N–H and O–H groups in total. The van der Waals surface area contributed by atoms with Crippen LogP contribution < -0.4 is 14.8 Å². The van der Waals surface area contributed by atoms with E-state index < -0.39 is 0 Å². The van der Waals surface area contributed by atoms with Crippen LogP contribution >= 0.6 is 22.9 Å². The molecule has 1 aromatic heterocycles. The number of anilines is 1. The summed E-state index contributed by atoms with van der Waals surface area (Å²) in [6.07, 6.45) is 0.312. The van der Waals surface area contributed by atoms with Crippen LogP contribution in [0.15, 0.2) is 29.6 Å². The third-order valence-corrected chi connectivity index (χ3v) is 3.74. The number of carbonyl (C=O) groups excluding carboxylic acids is 1. The van der Waals surface area contributed by atoms with Gasteiger partial charge in [0, 0.05) is 22.0 Å². The highest BCUT2D eigenvalue weighted by Crippen LogP contribution is 2.37. The van der Waals surface area contributed by atoms with Gasteiger partial charge in [-0.05, 0) is 11.4 Å². The zero-order valence-corrected chi connectivity index (χ0v) is 12.7. The van der Waals surface area contributed by atoms with Gasteiger partial charge in [-0.15, -0.1) is 11.3 Å². The van der Waals surface area contributed by atoms with Gasteiger partial charge in [0.05, 0.1) is 20.6 Å². The van der Waals surface area contributed by atoms with Gasteiger partial charge in [0.2, 0.25) is 5.91 Å². The fraction of sp³-hybridized carbons (Fsp3) is 0.214. The molecule has 0 aliphatic rings. The number of ether oxygens (including phenoxy) is 2. The zero-order valence-electron chi connectivity index (χ0n) is 11.1. The van der Waals surface area contributed by atoms with Crippen molar-refractivity contribution in [1.82, 2.24) is 0 Å². The molecular formula is C14H14ClNO3S. The molecule has 2 rings (SSSR count). The molecule has 2 aromatic rings. The predicted octanol–water partition coefficient (Wildman–Crippen LogP) is 3.60. The third-order valence-electron chi connectivity index (χ3n) is 2.65. The average molecular weight is 312 g/mol. The van der Waals surface area contributed by atoms with Crippen molar-refractivity contribution in [2.75, 3.05) is 19.5 Å². The van der Waals surface area contributed by atoms with E-state index in [0.717, 1.165) is 4.88 Å². The normalized spacial score (nSPS) is 10.2. The van der Waals surface area contributed by atoms with Crippen molar-refractivity contribution in [2.45, 2.75) is 6.42 Å². The Bertz CT molecular complexity index is 573. The summed E-state index contributed by atoms with van der Waals surface area (Å²) in [6.45, 7) is 0. The van der Waals surface area contributed by atoms with E-state index in [4.69, 9.17) is 21.1 Å². The molecule has 0 saturated carbocycles. The summed E-state index contributed by atoms with van der Waals surface area (Å²) >= 11 is 7.50. The molecule has 0 atom stereocenters. The predicted molar refractivity (Wildman–Crippen MR) is 81.2 cm³/mol. The minimum atomic E-state index is -0.133. The minimum Gasteiger partial charge on any atom is -0.494 e. The lowest BCUT2D eigenvalue weighted by atomic mass is 10.2. The molecule has 6 heteroatoms. The monoisotopic (exact) mass is 311 g/mol. The van der Waals surface area contributed by atoms with Crippen molar-refractivity contribution in [1.29, 1.82) is 0 Å². The lowest BCUT2D eigenvalue weighted by Gasteiger charge is -2.14. The topological polar surface area (TPSA) is 47.6 Å². The highest BCUT2D eigenvalue weighted by molar-refractivity contribution is 7.10. The van der Waals surface area contributed by atoms with Crippen LogP contribution in [0.2, 0.25) is 5.02 Å². The molecule has 4 nitrogen and oxygen atoms in total. The molecule has 106 valence electrons. The van der Waals surface area contributed by atoms with E-state index in [0.29, 0.717) is 28.6 Å². The molecule has 0 unspecified atom stereocenters. The summed E-state index contributed by atoms with van der Waals surface area (Å²) in [5.74, 6) is 0.800. The number of carbonyl (C=O) groups is 1. The molecule has 1 aromatic carbocycles. The van der Waals surface area contributed by atoms with Crippen molar-refractivity contribution >= 4 is 34.5 Å². The highest BCUT2D eigenvalue weighted by Gasteiger charge is 2.15. The lowest BCUT2D eigenvalue weighted by molar-refractivity contribution is -0.115. The molecule has 0 radical (unpaired) electrons. The fourth-order valence-electron chi connectivity index (χ4n) is 1.76. The summed E-state index contributed by atoms with van der Waals surface area (Å²) in [5.41, 5.74) is 0.487. The Kier molecular flexibility index (Phi) is 4.87. The van der Waals surface area contributed by atoms with Crippen molar-refractivity contribution in [2.24, 2.45) is 0 Å². The molecule has 0 spiro atoms. The van der Waals surface area contributed by atoms with Crippen LogP contribution in [0.1, 0.15) is 4.88 Å². The molecule has 20 heavy (non-hydrogen) atoms. The molecule has 0 aliphatic carbocycles. The van der Waals surface area contributed by atoms with E-state index in [2.05, 4.69) is 5.32 Å². The quantitative estimate of drug-likeness (QED) is 0.917. The Morgan fingerprint density at radius 2 is 1.95 bits per heavy atom. The third kappa shape index (κ3) is 3.43. The van der Waals surface area contributed by atoms with Crippen LogP contribution in [-0.2, 0) is 11.2 Å². The number of benzene rings is 1. The summed E-state index contributed by atoms with van der Waals surface area (Å²) in [5, 5.41) is 5.22. The number of rotatable bonds is 5. The summed E-state index contributed by atoms with van der Waals surface area (Å²) < 4.78 is 10.5. The van der Waals surface area contributed by atoms with E-state index in [9.17, 15) is 4.79 Å². The summed E-state index contributed by atoms with van der Waals surface area (Å²) in [6, 6.07) is 7.09. The fourth-order valence-corrected chi connectivity index (χ4v) is 2.66. The summed E-state index contributed by atoms with van der Waals surface area (Å²) in [7, 11) is 3.03. The van der Waals surface area contributed by atoms with E-state index in [1.54, 1.807) is 12.1 Å². The van der Waals surface area contributed by atoms with Gasteiger partial charge in [-0.3, -0.25) is 4.79 Å². The minimum absolute atomic E-state index is 0.133. The van der Waals surface area contributed by atoms with Crippen molar-refractivity contribution < 1.29 is 14.3 Å². The average Bonchev–Trinajstić information content (AvgIpc) is 2.92. The van der Waals surface area contributed by atoms with Crippen molar-refractivity contribution in [3.63, 3.8) is 0 Å². The smallest absolute Gasteiger partial charge is 0.229 e. The van der Waals surface area contributed by atoms with Gasteiger partial charge in [0.15, 0.2) is 0 Å². The Morgan fingerprint density at radius 3 is 2.45 bits per heavy atom. The molecule has 1 heterocycles. The SMILES string of the molecule is COc1cc(Cl)cc(OC)c1NC(=O)Cc1cccs1. The maximum absolute atomic E-state index is 12.1. The molecule has 0 fully saturated rings. The van der Waals surface area contributed by atoms with Crippen LogP contribution in [0.25, 0.3) is 0 Å². The van der Waals surface area contributed by atoms with Crippen LogP contribution in [0.3, 0.4) is 0 Å². The zero-order chi connectivity index (χ0) is 14.5. The maximum Gasteiger partial charge on any atom is 0.229 e. The number of halogens is 1. The van der Waals surface area contributed by atoms with Gasteiger partial charge in [-0.1, -0.05) is 17.7 Å². The van der Waals surface area contributed by atoms with E-state index >= 15 is 0 Å². The number of hydrogen-bond donors (Lipinski definition) is 1. The molecule has 0 aliphatic heterocycles. The van der Waals surface area contributed by atoms with Crippen LogP contribution in [0.5, 0.6) is 11.5 Å². The van der Waals surface area contributed by atoms with Gasteiger partial charge in [-0.2, -0.15) is 0 Å². The second-order valence-electron chi connectivity index (χ2n) is 3.99. The first-order valence-electron chi connectivity index (χ1n) is 5.87. The number of nitrogens with one attached hydrogen (secondary N) is 1. The van der Waals surface area contributed by atoms with Crippen LogP contribution in [-0.4, -0.2) is 20.1 Å². The Hall–Kier alpha value is -1.72. The van der Waals surface area contributed by atoms with Crippen LogP contribution in [0, 0.1) is 0 Å². The Morgan fingerprint density at radius 1 is 1.30 bits per heavy atom. The largest absolute Gasteiger partial charge is 0.494 e. The summed E-state index contributed by atoms with van der Waals surface area (Å²) in [4.78, 5) is 13.0. The van der Waals surface area contributed by atoms with E-state index in [-0.39, 0.29) is 5.91 Å². The Balaban J connectivity index is 2.21. The number of hydrogen-bond acceptors (Lipinski definition) is 4. The second kappa shape index (κ2) is 6.63. The first-order valence-corrected chi connectivity index (χ1v) is 7.13. The van der Waals surface area contributed by atoms with Gasteiger partial charge in [-0.25, -0.2) is 0 Å². The van der Waals surface area contributed by atoms with Gasteiger partial charge >= 0.3 is 0 Å². The van der Waals surface area contributed by atoms with E-state index in [1.165, 1.54) is 25.6 Å². The van der Waals surface area contributed by atoms with Crippen LogP contribution in [0.4, 0.5) is 5.69 Å². The number of thiophene rings is 1. The first kappa shape index (κ1) is 14.7.